The van der Waals surface area contributed by atoms with Gasteiger partial charge in [0.1, 0.15) is 0 Å². The normalized spacial score (nSPS) is 14.9. The first-order valence-electron chi connectivity index (χ1n) is 4.36. The van der Waals surface area contributed by atoms with Crippen molar-refractivity contribution >= 4 is 28.4 Å². The van der Waals surface area contributed by atoms with Crippen LogP contribution in [-0.2, 0) is 11.2 Å². The van der Waals surface area contributed by atoms with E-state index in [4.69, 9.17) is 0 Å². The smallest absolute Gasteiger partial charge is 0.222 e. The van der Waals surface area contributed by atoms with Gasteiger partial charge in [-0.2, -0.15) is 0 Å². The average Bonchev–Trinajstić information content (AvgIpc) is 2.02. The van der Waals surface area contributed by atoms with Gasteiger partial charge < -0.3 is 0 Å². The largest absolute Gasteiger partial charge is 0.295 e. The van der Waals surface area contributed by atoms with Gasteiger partial charge in [-0.15, -0.1) is 0 Å². The van der Waals surface area contributed by atoms with Gasteiger partial charge in [-0.3, -0.25) is 4.79 Å². The van der Waals surface area contributed by atoms with E-state index in [1.165, 1.54) is 6.92 Å². The van der Waals surface area contributed by atoms with E-state index in [0.717, 1.165) is 11.1 Å². The average molecular weight is 306 g/mol. The first-order valence-corrected chi connectivity index (χ1v) is 5.44. The fraction of sp³-hybridized carbons (Fsp3) is 0.364. The molecule has 0 amide bonds. The van der Waals surface area contributed by atoms with Crippen molar-refractivity contribution in [2.75, 3.05) is 0 Å². The second-order valence-electron chi connectivity index (χ2n) is 3.43. The molecule has 0 bridgehead atoms. The lowest BCUT2D eigenvalue weighted by atomic mass is 10.0. The van der Waals surface area contributed by atoms with E-state index >= 15 is 0 Å². The van der Waals surface area contributed by atoms with Crippen molar-refractivity contribution in [2.24, 2.45) is 0 Å². The predicted octanol–water partition coefficient (Wildman–Crippen LogP) is 3.23. The summed E-state index contributed by atoms with van der Waals surface area (Å²) >= 11 is 1.56. The molecule has 0 radical (unpaired) electrons. The summed E-state index contributed by atoms with van der Waals surface area (Å²) in [6.45, 7) is 3.23. The van der Waals surface area contributed by atoms with E-state index in [9.17, 15) is 9.18 Å². The molecule has 1 aromatic rings. The fourth-order valence-electron chi connectivity index (χ4n) is 1.20. The highest BCUT2D eigenvalue weighted by Crippen LogP contribution is 2.27. The molecule has 0 spiro atoms. The molecule has 76 valence electrons. The Labute approximate surface area is 96.8 Å². The molecule has 0 aromatic heterocycles. The second kappa shape index (κ2) is 4.38. The molecule has 1 aromatic carbocycles. The number of ketones is 1. The van der Waals surface area contributed by atoms with E-state index in [0.29, 0.717) is 0 Å². The summed E-state index contributed by atoms with van der Waals surface area (Å²) in [5.74, 6) is -0.431. The first-order chi connectivity index (χ1) is 6.42. The third-order valence-electron chi connectivity index (χ3n) is 2.02. The molecule has 1 nitrogen and oxygen atoms in total. The third-order valence-corrected chi connectivity index (χ3v) is 3.16. The number of hydrogen-bond donors (Lipinski definition) is 0. The highest BCUT2D eigenvalue weighted by atomic mass is 127. The molecule has 0 fully saturated rings. The van der Waals surface area contributed by atoms with Crippen molar-refractivity contribution in [2.45, 2.75) is 23.9 Å². The number of carbonyl (C=O) groups excluding carboxylic acids is 1. The Hall–Kier alpha value is -0.450. The molecule has 0 aliphatic heterocycles. The molecule has 0 aliphatic rings. The zero-order valence-electron chi connectivity index (χ0n) is 8.18. The molecule has 1 rings (SSSR count). The molecule has 1 atom stereocenters. The van der Waals surface area contributed by atoms with Gasteiger partial charge in [0.2, 0.25) is 3.68 Å². The van der Waals surface area contributed by atoms with Crippen LogP contribution in [0.3, 0.4) is 0 Å². The molecule has 0 N–H and O–H groups in total. The lowest BCUT2D eigenvalue weighted by molar-refractivity contribution is -0.122. The van der Waals surface area contributed by atoms with Crippen LogP contribution in [0.5, 0.6) is 0 Å². The van der Waals surface area contributed by atoms with Gasteiger partial charge in [0.15, 0.2) is 5.78 Å². The number of carbonyl (C=O) groups is 1. The number of aryl methyl sites for hydroxylation is 1. The monoisotopic (exact) mass is 306 g/mol. The number of alkyl halides is 2. The zero-order chi connectivity index (χ0) is 10.8. The molecule has 14 heavy (non-hydrogen) atoms. The Morgan fingerprint density at radius 2 is 2.21 bits per heavy atom. The van der Waals surface area contributed by atoms with Crippen molar-refractivity contribution in [3.05, 3.63) is 35.4 Å². The number of benzene rings is 1. The van der Waals surface area contributed by atoms with Crippen LogP contribution in [0.2, 0.25) is 0 Å². The Balaban J connectivity index is 2.83. The van der Waals surface area contributed by atoms with Gasteiger partial charge in [-0.1, -0.05) is 29.8 Å². The quantitative estimate of drug-likeness (QED) is 0.619. The van der Waals surface area contributed by atoms with Crippen LogP contribution in [-0.4, -0.2) is 9.46 Å². The lowest BCUT2D eigenvalue weighted by Gasteiger charge is -2.14. The van der Waals surface area contributed by atoms with E-state index in [1.54, 1.807) is 22.6 Å². The summed E-state index contributed by atoms with van der Waals surface area (Å²) in [4.78, 5) is 11.0. The van der Waals surface area contributed by atoms with Crippen molar-refractivity contribution in [3.8, 4) is 0 Å². The molecule has 0 heterocycles. The number of rotatable bonds is 3. The van der Waals surface area contributed by atoms with Crippen LogP contribution >= 0.6 is 22.6 Å². The summed E-state index contributed by atoms with van der Waals surface area (Å²) in [5, 5.41) is 0. The fourth-order valence-corrected chi connectivity index (χ4v) is 1.64. The summed E-state index contributed by atoms with van der Waals surface area (Å²) < 4.78 is 11.9. The number of hydrogen-bond acceptors (Lipinski definition) is 1. The van der Waals surface area contributed by atoms with Crippen molar-refractivity contribution in [3.63, 3.8) is 0 Å². The maximum absolute atomic E-state index is 13.7. The first kappa shape index (κ1) is 11.6. The predicted molar refractivity (Wildman–Crippen MR) is 63.4 cm³/mol. The van der Waals surface area contributed by atoms with Crippen molar-refractivity contribution < 1.29 is 9.18 Å². The highest BCUT2D eigenvalue weighted by Gasteiger charge is 2.31. The maximum Gasteiger partial charge on any atom is 0.222 e. The van der Waals surface area contributed by atoms with Crippen LogP contribution < -0.4 is 0 Å². The zero-order valence-corrected chi connectivity index (χ0v) is 10.3. The minimum absolute atomic E-state index is 0.143. The molecule has 1 unspecified atom stereocenters. The van der Waals surface area contributed by atoms with E-state index < -0.39 is 9.46 Å². The Morgan fingerprint density at radius 1 is 1.57 bits per heavy atom. The SMILES string of the molecule is CC(=O)C(F)(I)Cc1cccc(C)c1. The molecular weight excluding hydrogens is 294 g/mol. The standard InChI is InChI=1S/C11H12FIO/c1-8-4-3-5-10(6-8)7-11(12,13)9(2)14/h3-6H,7H2,1-2H3. The van der Waals surface area contributed by atoms with Crippen LogP contribution in [0.15, 0.2) is 24.3 Å². The van der Waals surface area contributed by atoms with Gasteiger partial charge in [0.05, 0.1) is 0 Å². The minimum atomic E-state index is -1.77. The van der Waals surface area contributed by atoms with E-state index in [2.05, 4.69) is 0 Å². The lowest BCUT2D eigenvalue weighted by Crippen LogP contribution is -2.26. The van der Waals surface area contributed by atoms with Crippen LogP contribution in [0.25, 0.3) is 0 Å². The molecule has 3 heteroatoms. The molecule has 0 aliphatic carbocycles. The van der Waals surface area contributed by atoms with Crippen molar-refractivity contribution in [1.82, 2.24) is 0 Å². The van der Waals surface area contributed by atoms with E-state index in [-0.39, 0.29) is 6.42 Å². The minimum Gasteiger partial charge on any atom is -0.295 e. The molecule has 0 saturated heterocycles. The van der Waals surface area contributed by atoms with Crippen LogP contribution in [0.1, 0.15) is 18.1 Å². The van der Waals surface area contributed by atoms with Crippen LogP contribution in [0, 0.1) is 6.92 Å². The second-order valence-corrected chi connectivity index (χ2v) is 5.14. The molecular formula is C11H12FIO. The van der Waals surface area contributed by atoms with Crippen molar-refractivity contribution in [1.29, 1.82) is 0 Å². The van der Waals surface area contributed by atoms with Gasteiger partial charge in [0.25, 0.3) is 0 Å². The molecule has 0 saturated carbocycles. The summed E-state index contributed by atoms with van der Waals surface area (Å²) in [6, 6.07) is 7.56. The van der Waals surface area contributed by atoms with Gasteiger partial charge in [-0.25, -0.2) is 4.39 Å². The van der Waals surface area contributed by atoms with Gasteiger partial charge in [0, 0.05) is 6.42 Å². The highest BCUT2D eigenvalue weighted by molar-refractivity contribution is 14.1. The Kier molecular flexibility index (Phi) is 3.64. The van der Waals surface area contributed by atoms with E-state index in [1.807, 2.05) is 31.2 Å². The Bertz CT molecular complexity index is 347. The Morgan fingerprint density at radius 3 is 2.71 bits per heavy atom. The summed E-state index contributed by atoms with van der Waals surface area (Å²) in [5.41, 5.74) is 1.94. The summed E-state index contributed by atoms with van der Waals surface area (Å²) in [6.07, 6.45) is 0.143. The van der Waals surface area contributed by atoms with Gasteiger partial charge >= 0.3 is 0 Å². The van der Waals surface area contributed by atoms with Gasteiger partial charge in [-0.05, 0) is 42.0 Å². The van der Waals surface area contributed by atoms with Crippen LogP contribution in [0.4, 0.5) is 4.39 Å². The third kappa shape index (κ3) is 3.04. The summed E-state index contributed by atoms with van der Waals surface area (Å²) in [7, 11) is 0. The topological polar surface area (TPSA) is 17.1 Å². The maximum atomic E-state index is 13.7. The number of Topliss-reactive ketones (excluding diaryl/α,β-unsaturated/α-hetero) is 1. The number of halogens is 2.